The third-order valence-electron chi connectivity index (χ3n) is 3.88. The van der Waals surface area contributed by atoms with E-state index in [1.807, 2.05) is 18.7 Å². The molecule has 0 aliphatic carbocycles. The highest BCUT2D eigenvalue weighted by molar-refractivity contribution is 7.18. The van der Waals surface area contributed by atoms with Crippen LogP contribution in [0.2, 0.25) is 0 Å². The molecule has 2 heterocycles. The largest absolute Gasteiger partial charge is 0.465 e. The summed E-state index contributed by atoms with van der Waals surface area (Å²) in [5, 5.41) is 2.98. The zero-order chi connectivity index (χ0) is 18.7. The molecule has 1 aromatic rings. The quantitative estimate of drug-likeness (QED) is 0.749. The van der Waals surface area contributed by atoms with Crippen LogP contribution in [0, 0.1) is 6.92 Å². The van der Waals surface area contributed by atoms with Gasteiger partial charge in [0.15, 0.2) is 0 Å². The maximum atomic E-state index is 12.4. The van der Waals surface area contributed by atoms with Gasteiger partial charge in [-0.3, -0.25) is 14.5 Å². The van der Waals surface area contributed by atoms with Crippen molar-refractivity contribution in [2.24, 2.45) is 5.73 Å². The van der Waals surface area contributed by atoms with Gasteiger partial charge in [0, 0.05) is 13.1 Å². The molecular formula is C16H23N3O5S. The van der Waals surface area contributed by atoms with Crippen LogP contribution in [0.5, 0.6) is 0 Å². The molecule has 138 valence electrons. The van der Waals surface area contributed by atoms with Crippen LogP contribution in [0.3, 0.4) is 0 Å². The summed E-state index contributed by atoms with van der Waals surface area (Å²) < 4.78 is 10.4. The third-order valence-corrected chi connectivity index (χ3v) is 5.10. The second-order valence-electron chi connectivity index (χ2n) is 6.12. The van der Waals surface area contributed by atoms with Crippen LogP contribution in [0.15, 0.2) is 0 Å². The monoisotopic (exact) mass is 369 g/mol. The summed E-state index contributed by atoms with van der Waals surface area (Å²) in [6.45, 7) is 6.98. The molecule has 0 radical (unpaired) electrons. The third kappa shape index (κ3) is 4.56. The maximum Gasteiger partial charge on any atom is 0.341 e. The summed E-state index contributed by atoms with van der Waals surface area (Å²) in [4.78, 5) is 38.1. The fraction of sp³-hybridized carbons (Fsp3) is 0.562. The fourth-order valence-corrected chi connectivity index (χ4v) is 4.03. The van der Waals surface area contributed by atoms with Crippen molar-refractivity contribution in [2.45, 2.75) is 33.0 Å². The van der Waals surface area contributed by atoms with Crippen LogP contribution < -0.4 is 11.1 Å². The predicted molar refractivity (Wildman–Crippen MR) is 94.0 cm³/mol. The summed E-state index contributed by atoms with van der Waals surface area (Å²) in [7, 11) is 1.24. The highest BCUT2D eigenvalue weighted by atomic mass is 32.1. The van der Waals surface area contributed by atoms with E-state index >= 15 is 0 Å². The number of ether oxygens (including phenoxy) is 2. The van der Waals surface area contributed by atoms with Crippen LogP contribution in [0.1, 0.15) is 39.4 Å². The average molecular weight is 369 g/mol. The molecule has 0 bridgehead atoms. The van der Waals surface area contributed by atoms with Gasteiger partial charge in [0.1, 0.15) is 5.00 Å². The molecule has 2 unspecified atom stereocenters. The lowest BCUT2D eigenvalue weighted by Gasteiger charge is -2.34. The molecule has 1 aliphatic heterocycles. The number of methoxy groups -OCH3 is 1. The van der Waals surface area contributed by atoms with E-state index < -0.39 is 11.9 Å². The minimum atomic E-state index is -0.649. The zero-order valence-corrected chi connectivity index (χ0v) is 15.6. The van der Waals surface area contributed by atoms with Crippen molar-refractivity contribution >= 4 is 34.1 Å². The van der Waals surface area contributed by atoms with Gasteiger partial charge in [0.25, 0.3) is 5.91 Å². The fourth-order valence-electron chi connectivity index (χ4n) is 2.97. The Balaban J connectivity index is 2.15. The second-order valence-corrected chi connectivity index (χ2v) is 7.14. The Kier molecular flexibility index (Phi) is 6.15. The number of primary amides is 1. The Hall–Kier alpha value is -1.97. The number of carbonyl (C=O) groups is 3. The summed E-state index contributed by atoms with van der Waals surface area (Å²) in [6, 6.07) is 0. The van der Waals surface area contributed by atoms with E-state index in [0.29, 0.717) is 18.7 Å². The van der Waals surface area contributed by atoms with Gasteiger partial charge in [-0.05, 0) is 26.3 Å². The molecule has 0 spiro atoms. The number of carbonyl (C=O) groups excluding carboxylic acids is 3. The summed E-state index contributed by atoms with van der Waals surface area (Å²) >= 11 is 0.979. The smallest absolute Gasteiger partial charge is 0.341 e. The van der Waals surface area contributed by atoms with E-state index in [-0.39, 0.29) is 40.1 Å². The molecule has 0 aromatic carbocycles. The molecule has 0 saturated carbocycles. The van der Waals surface area contributed by atoms with Gasteiger partial charge in [-0.2, -0.15) is 0 Å². The van der Waals surface area contributed by atoms with E-state index in [9.17, 15) is 14.4 Å². The first-order valence-electron chi connectivity index (χ1n) is 7.92. The molecule has 9 heteroatoms. The minimum absolute atomic E-state index is 0.0487. The number of nitrogens with zero attached hydrogens (tertiary/aromatic N) is 1. The van der Waals surface area contributed by atoms with Gasteiger partial charge in [0.05, 0.1) is 36.3 Å². The first-order chi connectivity index (χ1) is 11.7. The van der Waals surface area contributed by atoms with Gasteiger partial charge >= 0.3 is 5.97 Å². The number of rotatable bonds is 5. The number of amides is 2. The number of morpholine rings is 1. The van der Waals surface area contributed by atoms with E-state index in [4.69, 9.17) is 15.2 Å². The minimum Gasteiger partial charge on any atom is -0.465 e. The van der Waals surface area contributed by atoms with E-state index in [0.717, 1.165) is 11.3 Å². The first-order valence-corrected chi connectivity index (χ1v) is 8.73. The number of hydrogen-bond acceptors (Lipinski definition) is 7. The predicted octanol–water partition coefficient (Wildman–Crippen LogP) is 0.990. The van der Waals surface area contributed by atoms with E-state index in [2.05, 4.69) is 5.32 Å². The Labute approximate surface area is 150 Å². The van der Waals surface area contributed by atoms with Crippen molar-refractivity contribution in [3.63, 3.8) is 0 Å². The lowest BCUT2D eigenvalue weighted by Crippen LogP contribution is -2.48. The van der Waals surface area contributed by atoms with Crippen molar-refractivity contribution in [1.82, 2.24) is 4.90 Å². The van der Waals surface area contributed by atoms with E-state index in [1.165, 1.54) is 7.11 Å². The van der Waals surface area contributed by atoms with Crippen molar-refractivity contribution in [3.8, 4) is 0 Å². The molecule has 1 saturated heterocycles. The molecular weight excluding hydrogens is 346 g/mol. The summed E-state index contributed by atoms with van der Waals surface area (Å²) in [6.07, 6.45) is 0.0975. The standard InChI is InChI=1S/C16H23N3O5S/c1-8-5-19(6-9(2)24-8)7-11(20)18-15-12(16(22)23-4)10(3)13(25-15)14(17)21/h8-9H,5-7H2,1-4H3,(H2,17,21)(H,18,20). The van der Waals surface area contributed by atoms with Gasteiger partial charge in [-0.1, -0.05) is 0 Å². The Bertz CT molecular complexity index is 678. The highest BCUT2D eigenvalue weighted by Crippen LogP contribution is 2.33. The number of nitrogens with two attached hydrogens (primary N) is 1. The Morgan fingerprint density at radius 3 is 2.44 bits per heavy atom. The van der Waals surface area contributed by atoms with Gasteiger partial charge < -0.3 is 20.5 Å². The van der Waals surface area contributed by atoms with Crippen LogP contribution in [-0.4, -0.2) is 61.6 Å². The molecule has 3 N–H and O–H groups in total. The number of esters is 1. The number of nitrogens with one attached hydrogen (secondary N) is 1. The van der Waals surface area contributed by atoms with Gasteiger partial charge in [-0.15, -0.1) is 11.3 Å². The van der Waals surface area contributed by atoms with Crippen molar-refractivity contribution < 1.29 is 23.9 Å². The molecule has 2 amide bonds. The highest BCUT2D eigenvalue weighted by Gasteiger charge is 2.27. The number of hydrogen-bond donors (Lipinski definition) is 2. The molecule has 25 heavy (non-hydrogen) atoms. The van der Waals surface area contributed by atoms with Gasteiger partial charge in [0.2, 0.25) is 5.91 Å². The Morgan fingerprint density at radius 2 is 1.92 bits per heavy atom. The van der Waals surface area contributed by atoms with Crippen LogP contribution in [0.4, 0.5) is 5.00 Å². The van der Waals surface area contributed by atoms with Crippen LogP contribution in [-0.2, 0) is 14.3 Å². The molecule has 1 aliphatic rings. The first kappa shape index (κ1) is 19.4. The van der Waals surface area contributed by atoms with E-state index in [1.54, 1.807) is 6.92 Å². The zero-order valence-electron chi connectivity index (χ0n) is 14.8. The van der Waals surface area contributed by atoms with Crippen molar-refractivity contribution in [2.75, 3.05) is 32.1 Å². The molecule has 1 aromatic heterocycles. The SMILES string of the molecule is COC(=O)c1c(NC(=O)CN2CC(C)OC(C)C2)sc(C(N)=O)c1C. The molecule has 2 rings (SSSR count). The summed E-state index contributed by atoms with van der Waals surface area (Å²) in [5.74, 6) is -1.54. The maximum absolute atomic E-state index is 12.4. The molecule has 1 fully saturated rings. The topological polar surface area (TPSA) is 111 Å². The summed E-state index contributed by atoms with van der Waals surface area (Å²) in [5.41, 5.74) is 5.91. The average Bonchev–Trinajstić information content (AvgIpc) is 2.81. The lowest BCUT2D eigenvalue weighted by atomic mass is 10.1. The number of thiophene rings is 1. The lowest BCUT2D eigenvalue weighted by molar-refractivity contribution is -0.121. The molecule has 2 atom stereocenters. The Morgan fingerprint density at radius 1 is 1.32 bits per heavy atom. The van der Waals surface area contributed by atoms with Crippen molar-refractivity contribution in [3.05, 3.63) is 16.0 Å². The number of anilines is 1. The van der Waals surface area contributed by atoms with Crippen LogP contribution >= 0.6 is 11.3 Å². The normalized spacial score (nSPS) is 21.0. The molecule has 8 nitrogen and oxygen atoms in total. The van der Waals surface area contributed by atoms with Crippen LogP contribution in [0.25, 0.3) is 0 Å². The second kappa shape index (κ2) is 7.94. The van der Waals surface area contributed by atoms with Gasteiger partial charge in [-0.25, -0.2) is 4.79 Å². The van der Waals surface area contributed by atoms with Crippen molar-refractivity contribution in [1.29, 1.82) is 0 Å².